The summed E-state index contributed by atoms with van der Waals surface area (Å²) in [5, 5.41) is 9.13. The van der Waals surface area contributed by atoms with Crippen molar-refractivity contribution in [2.75, 3.05) is 19.0 Å². The molecule has 1 heterocycles. The Bertz CT molecular complexity index is 192. The normalized spacial score (nSPS) is 21.4. The van der Waals surface area contributed by atoms with Crippen LogP contribution < -0.4 is 0 Å². The van der Waals surface area contributed by atoms with Gasteiger partial charge in [0.1, 0.15) is 4.75 Å². The fraction of sp³-hybridized carbons (Fsp3) is 0.900. The first kappa shape index (κ1) is 10.9. The van der Waals surface area contributed by atoms with Gasteiger partial charge in [0.05, 0.1) is 6.07 Å². The fourth-order valence-corrected chi connectivity index (χ4v) is 2.49. The van der Waals surface area contributed by atoms with Crippen LogP contribution >= 0.6 is 11.8 Å². The smallest absolute Gasteiger partial charge is 0.107 e. The largest absolute Gasteiger partial charge is 0.381 e. The van der Waals surface area contributed by atoms with Crippen LogP contribution in [-0.4, -0.2) is 23.7 Å². The summed E-state index contributed by atoms with van der Waals surface area (Å²) in [5.74, 6) is 1.74. The molecular weight excluding hydrogens is 182 g/mol. The molecule has 13 heavy (non-hydrogen) atoms. The summed E-state index contributed by atoms with van der Waals surface area (Å²) in [6.07, 6.45) is 1.78. The molecule has 0 N–H and O–H groups in total. The van der Waals surface area contributed by atoms with E-state index in [9.17, 15) is 0 Å². The van der Waals surface area contributed by atoms with Gasteiger partial charge in [0.25, 0.3) is 0 Å². The quantitative estimate of drug-likeness (QED) is 0.700. The molecule has 1 fully saturated rings. The minimum Gasteiger partial charge on any atom is -0.381 e. The van der Waals surface area contributed by atoms with Gasteiger partial charge in [-0.15, -0.1) is 11.8 Å². The molecule has 1 rings (SSSR count). The number of hydrogen-bond acceptors (Lipinski definition) is 3. The highest BCUT2D eigenvalue weighted by Crippen LogP contribution is 2.35. The van der Waals surface area contributed by atoms with Crippen LogP contribution in [0, 0.1) is 17.2 Å². The van der Waals surface area contributed by atoms with E-state index >= 15 is 0 Å². The maximum Gasteiger partial charge on any atom is 0.107 e. The molecule has 0 bridgehead atoms. The zero-order chi connectivity index (χ0) is 9.73. The third kappa shape index (κ3) is 3.21. The Morgan fingerprint density at radius 3 is 2.54 bits per heavy atom. The highest BCUT2D eigenvalue weighted by Gasteiger charge is 2.33. The van der Waals surface area contributed by atoms with E-state index in [0.717, 1.165) is 31.8 Å². The van der Waals surface area contributed by atoms with Crippen LogP contribution in [0.4, 0.5) is 0 Å². The lowest BCUT2D eigenvalue weighted by Crippen LogP contribution is -2.32. The van der Waals surface area contributed by atoms with Crippen molar-refractivity contribution in [3.63, 3.8) is 0 Å². The molecule has 0 aromatic heterocycles. The molecule has 1 saturated heterocycles. The summed E-state index contributed by atoms with van der Waals surface area (Å²) >= 11 is 1.81. The third-order valence-electron chi connectivity index (χ3n) is 2.20. The zero-order valence-electron chi connectivity index (χ0n) is 8.38. The molecule has 3 heteroatoms. The molecule has 0 unspecified atom stereocenters. The topological polar surface area (TPSA) is 33.0 Å². The third-order valence-corrected chi connectivity index (χ3v) is 4.08. The maximum absolute atomic E-state index is 9.13. The maximum atomic E-state index is 9.13. The molecule has 74 valence electrons. The van der Waals surface area contributed by atoms with Crippen LogP contribution in [0.15, 0.2) is 0 Å². The Morgan fingerprint density at radius 1 is 1.46 bits per heavy atom. The predicted molar refractivity (Wildman–Crippen MR) is 55.7 cm³/mol. The van der Waals surface area contributed by atoms with E-state index in [1.54, 1.807) is 0 Å². The monoisotopic (exact) mass is 199 g/mol. The molecule has 1 aliphatic rings. The molecule has 2 nitrogen and oxygen atoms in total. The molecule has 0 atom stereocenters. The average Bonchev–Trinajstić information content (AvgIpc) is 2.16. The summed E-state index contributed by atoms with van der Waals surface area (Å²) in [6.45, 7) is 5.88. The van der Waals surface area contributed by atoms with Gasteiger partial charge >= 0.3 is 0 Å². The average molecular weight is 199 g/mol. The van der Waals surface area contributed by atoms with Gasteiger partial charge in [-0.2, -0.15) is 5.26 Å². The van der Waals surface area contributed by atoms with Crippen LogP contribution in [0.2, 0.25) is 0 Å². The van der Waals surface area contributed by atoms with E-state index < -0.39 is 0 Å². The summed E-state index contributed by atoms with van der Waals surface area (Å²) in [7, 11) is 0. The summed E-state index contributed by atoms with van der Waals surface area (Å²) in [6, 6.07) is 2.46. The minimum atomic E-state index is -0.150. The van der Waals surface area contributed by atoms with Gasteiger partial charge in [-0.05, 0) is 24.5 Å². The highest BCUT2D eigenvalue weighted by molar-refractivity contribution is 8.00. The molecule has 0 amide bonds. The van der Waals surface area contributed by atoms with Crippen molar-refractivity contribution in [3.8, 4) is 6.07 Å². The number of hydrogen-bond donors (Lipinski definition) is 0. The second kappa shape index (κ2) is 4.88. The number of nitrogens with zero attached hydrogens (tertiary/aromatic N) is 1. The number of thioether (sulfide) groups is 1. The zero-order valence-corrected chi connectivity index (χ0v) is 9.19. The van der Waals surface area contributed by atoms with Crippen molar-refractivity contribution in [1.82, 2.24) is 0 Å². The Labute approximate surface area is 84.6 Å². The SMILES string of the molecule is CC(C)CSC1(C#N)CCOCC1. The first-order chi connectivity index (χ1) is 6.18. The lowest BCUT2D eigenvalue weighted by atomic mass is 10.0. The van der Waals surface area contributed by atoms with Crippen LogP contribution in [0.25, 0.3) is 0 Å². The first-order valence-electron chi connectivity index (χ1n) is 4.81. The Balaban J connectivity index is 2.44. The van der Waals surface area contributed by atoms with Gasteiger partial charge in [-0.3, -0.25) is 0 Å². The standard InChI is InChI=1S/C10H17NOS/c1-9(2)7-13-10(8-11)3-5-12-6-4-10/h9H,3-7H2,1-2H3. The molecule has 0 spiro atoms. The molecule has 0 aromatic rings. The molecule has 0 radical (unpaired) electrons. The van der Waals surface area contributed by atoms with Crippen LogP contribution in [0.5, 0.6) is 0 Å². The molecular formula is C10H17NOS. The van der Waals surface area contributed by atoms with Gasteiger partial charge in [0, 0.05) is 13.2 Å². The van der Waals surface area contributed by atoms with Crippen LogP contribution in [0.3, 0.4) is 0 Å². The van der Waals surface area contributed by atoms with E-state index in [-0.39, 0.29) is 4.75 Å². The van der Waals surface area contributed by atoms with Gasteiger partial charge in [0.15, 0.2) is 0 Å². The molecule has 0 aliphatic carbocycles. The summed E-state index contributed by atoms with van der Waals surface area (Å²) in [4.78, 5) is 0. The van der Waals surface area contributed by atoms with Gasteiger partial charge < -0.3 is 4.74 Å². The van der Waals surface area contributed by atoms with Crippen molar-refractivity contribution in [3.05, 3.63) is 0 Å². The van der Waals surface area contributed by atoms with Crippen molar-refractivity contribution in [2.24, 2.45) is 5.92 Å². The predicted octanol–water partition coefficient (Wildman–Crippen LogP) is 2.45. The van der Waals surface area contributed by atoms with Crippen LogP contribution in [-0.2, 0) is 4.74 Å². The van der Waals surface area contributed by atoms with Crippen molar-refractivity contribution >= 4 is 11.8 Å². The first-order valence-corrected chi connectivity index (χ1v) is 5.80. The second-order valence-corrected chi connectivity index (χ2v) is 5.33. The lowest BCUT2D eigenvalue weighted by Gasteiger charge is -2.30. The van der Waals surface area contributed by atoms with E-state index in [0.29, 0.717) is 5.92 Å². The van der Waals surface area contributed by atoms with E-state index in [1.807, 2.05) is 11.8 Å². The molecule has 0 aromatic carbocycles. The fourth-order valence-electron chi connectivity index (χ4n) is 1.32. The van der Waals surface area contributed by atoms with Gasteiger partial charge in [-0.25, -0.2) is 0 Å². The van der Waals surface area contributed by atoms with Crippen molar-refractivity contribution in [2.45, 2.75) is 31.4 Å². The Hall–Kier alpha value is -0.200. The second-order valence-electron chi connectivity index (χ2n) is 3.92. The minimum absolute atomic E-state index is 0.150. The van der Waals surface area contributed by atoms with Gasteiger partial charge in [0.2, 0.25) is 0 Å². The van der Waals surface area contributed by atoms with Crippen LogP contribution in [0.1, 0.15) is 26.7 Å². The molecule has 0 saturated carbocycles. The Morgan fingerprint density at radius 2 is 2.08 bits per heavy atom. The van der Waals surface area contributed by atoms with Crippen molar-refractivity contribution in [1.29, 1.82) is 5.26 Å². The van der Waals surface area contributed by atoms with Crippen molar-refractivity contribution < 1.29 is 4.74 Å². The molecule has 1 aliphatic heterocycles. The lowest BCUT2D eigenvalue weighted by molar-refractivity contribution is 0.0885. The van der Waals surface area contributed by atoms with E-state index in [2.05, 4.69) is 19.9 Å². The van der Waals surface area contributed by atoms with E-state index in [1.165, 1.54) is 0 Å². The number of rotatable bonds is 3. The number of nitriles is 1. The Kier molecular flexibility index (Phi) is 4.08. The summed E-state index contributed by atoms with van der Waals surface area (Å²) in [5.41, 5.74) is 0. The highest BCUT2D eigenvalue weighted by atomic mass is 32.2. The summed E-state index contributed by atoms with van der Waals surface area (Å²) < 4.78 is 5.12. The number of ether oxygens (including phenoxy) is 1. The van der Waals surface area contributed by atoms with E-state index in [4.69, 9.17) is 10.00 Å². The van der Waals surface area contributed by atoms with Gasteiger partial charge in [-0.1, -0.05) is 13.8 Å².